The van der Waals surface area contributed by atoms with Crippen molar-refractivity contribution in [3.05, 3.63) is 35.0 Å². The van der Waals surface area contributed by atoms with E-state index in [4.69, 9.17) is 9.72 Å². The quantitative estimate of drug-likeness (QED) is 0.752. The van der Waals surface area contributed by atoms with Crippen molar-refractivity contribution in [1.29, 1.82) is 0 Å². The molecule has 1 unspecified atom stereocenters. The Kier molecular flexibility index (Phi) is 6.74. The standard InChI is InChI=1S/C21H30N4O3S/c1-14-12-22-19(29-14)24-18-7-5-6-17(23-18)16(13-26)15-8-10-25(11-9-15)20(27)28-21(2,3)4/h5-7,12,15-16,26H,8-11,13H2,1-4H3,(H,22,23,24). The normalized spacial score (nSPS) is 16.5. The van der Waals surface area contributed by atoms with Gasteiger partial charge in [-0.05, 0) is 58.6 Å². The number of aliphatic hydroxyl groups excluding tert-OH is 1. The second-order valence-electron chi connectivity index (χ2n) is 8.44. The third-order valence-corrected chi connectivity index (χ3v) is 5.79. The van der Waals surface area contributed by atoms with Crippen LogP contribution in [-0.2, 0) is 4.74 Å². The Hall–Kier alpha value is -2.19. The van der Waals surface area contributed by atoms with E-state index in [1.54, 1.807) is 16.2 Å². The van der Waals surface area contributed by atoms with E-state index in [-0.39, 0.29) is 24.5 Å². The van der Waals surface area contributed by atoms with Crippen LogP contribution < -0.4 is 5.32 Å². The van der Waals surface area contributed by atoms with E-state index in [2.05, 4.69) is 10.3 Å². The van der Waals surface area contributed by atoms with Crippen molar-refractivity contribution in [1.82, 2.24) is 14.9 Å². The van der Waals surface area contributed by atoms with Crippen molar-refractivity contribution in [2.75, 3.05) is 25.0 Å². The minimum absolute atomic E-state index is 0.0317. The SMILES string of the molecule is Cc1cnc(Nc2cccc(C(CO)C3CCN(C(=O)OC(C)(C)C)CC3)n2)s1. The van der Waals surface area contributed by atoms with E-state index in [0.29, 0.717) is 13.1 Å². The predicted molar refractivity (Wildman–Crippen MR) is 115 cm³/mol. The molecule has 1 fully saturated rings. The van der Waals surface area contributed by atoms with E-state index in [9.17, 15) is 9.90 Å². The molecule has 0 bridgehead atoms. The summed E-state index contributed by atoms with van der Waals surface area (Å²) in [5.41, 5.74) is 0.371. The first kappa shape index (κ1) is 21.5. The van der Waals surface area contributed by atoms with E-state index < -0.39 is 5.60 Å². The number of anilines is 2. The molecule has 8 heteroatoms. The Morgan fingerprint density at radius 3 is 2.69 bits per heavy atom. The molecule has 0 aromatic carbocycles. The highest BCUT2D eigenvalue weighted by Gasteiger charge is 2.31. The third-order valence-electron chi connectivity index (χ3n) is 4.96. The number of carbonyl (C=O) groups excluding carboxylic acids is 1. The number of thiazole rings is 1. The first-order valence-electron chi connectivity index (χ1n) is 10.0. The van der Waals surface area contributed by atoms with Crippen molar-refractivity contribution in [3.8, 4) is 0 Å². The Morgan fingerprint density at radius 1 is 1.38 bits per heavy atom. The molecule has 7 nitrogen and oxygen atoms in total. The highest BCUT2D eigenvalue weighted by Crippen LogP contribution is 2.33. The summed E-state index contributed by atoms with van der Waals surface area (Å²) in [5, 5.41) is 14.1. The summed E-state index contributed by atoms with van der Waals surface area (Å²) in [6, 6.07) is 5.81. The first-order valence-corrected chi connectivity index (χ1v) is 10.8. The number of nitrogens with zero attached hydrogens (tertiary/aromatic N) is 3. The maximum absolute atomic E-state index is 12.3. The summed E-state index contributed by atoms with van der Waals surface area (Å²) in [6.45, 7) is 8.93. The number of pyridine rings is 1. The highest BCUT2D eigenvalue weighted by atomic mass is 32.1. The lowest BCUT2D eigenvalue weighted by Gasteiger charge is -2.36. The lowest BCUT2D eigenvalue weighted by molar-refractivity contribution is 0.0164. The monoisotopic (exact) mass is 418 g/mol. The molecule has 1 amide bonds. The third kappa shape index (κ3) is 5.90. The Morgan fingerprint density at radius 2 is 2.10 bits per heavy atom. The summed E-state index contributed by atoms with van der Waals surface area (Å²) in [7, 11) is 0. The maximum Gasteiger partial charge on any atom is 0.410 e. The van der Waals surface area contributed by atoms with Gasteiger partial charge in [-0.1, -0.05) is 6.07 Å². The lowest BCUT2D eigenvalue weighted by atomic mass is 9.82. The van der Waals surface area contributed by atoms with Gasteiger partial charge in [0.15, 0.2) is 5.13 Å². The zero-order valence-corrected chi connectivity index (χ0v) is 18.3. The molecule has 0 aliphatic carbocycles. The number of carbonyl (C=O) groups is 1. The van der Waals surface area contributed by atoms with Crippen molar-refractivity contribution in [2.45, 2.75) is 52.1 Å². The largest absolute Gasteiger partial charge is 0.444 e. The van der Waals surface area contributed by atoms with Crippen LogP contribution in [0.2, 0.25) is 0 Å². The Labute approximate surface area is 176 Å². The van der Waals surface area contributed by atoms with Gasteiger partial charge in [0.25, 0.3) is 0 Å². The number of hydrogen-bond donors (Lipinski definition) is 2. The molecular weight excluding hydrogens is 388 g/mol. The molecular formula is C21H30N4O3S. The smallest absolute Gasteiger partial charge is 0.410 e. The molecule has 1 atom stereocenters. The maximum atomic E-state index is 12.3. The molecule has 0 saturated carbocycles. The van der Waals surface area contributed by atoms with Gasteiger partial charge in [0.2, 0.25) is 0 Å². The fourth-order valence-corrected chi connectivity index (χ4v) is 4.22. The summed E-state index contributed by atoms with van der Waals surface area (Å²) in [6.07, 6.45) is 3.19. The fourth-order valence-electron chi connectivity index (χ4n) is 3.54. The van der Waals surface area contributed by atoms with Crippen molar-refractivity contribution >= 4 is 28.4 Å². The van der Waals surface area contributed by atoms with Gasteiger partial charge in [0.05, 0.1) is 6.61 Å². The number of ether oxygens (including phenoxy) is 1. The molecule has 0 spiro atoms. The first-order chi connectivity index (χ1) is 13.7. The molecule has 158 valence electrons. The minimum atomic E-state index is -0.491. The average Bonchev–Trinajstić information content (AvgIpc) is 3.06. The van der Waals surface area contributed by atoms with Crippen LogP contribution in [0.25, 0.3) is 0 Å². The molecule has 2 N–H and O–H groups in total. The second kappa shape index (κ2) is 9.09. The fraction of sp³-hybridized carbons (Fsp3) is 0.571. The van der Waals surface area contributed by atoms with Crippen LogP contribution in [0, 0.1) is 12.8 Å². The lowest BCUT2D eigenvalue weighted by Crippen LogP contribution is -2.43. The van der Waals surface area contributed by atoms with Gasteiger partial charge >= 0.3 is 6.09 Å². The Balaban J connectivity index is 1.63. The van der Waals surface area contributed by atoms with Gasteiger partial charge in [0, 0.05) is 35.8 Å². The van der Waals surface area contributed by atoms with Gasteiger partial charge in [-0.3, -0.25) is 0 Å². The Bertz CT molecular complexity index is 825. The predicted octanol–water partition coefficient (Wildman–Crippen LogP) is 4.31. The van der Waals surface area contributed by atoms with Crippen molar-refractivity contribution in [2.24, 2.45) is 5.92 Å². The second-order valence-corrected chi connectivity index (χ2v) is 9.68. The summed E-state index contributed by atoms with van der Waals surface area (Å²) in [4.78, 5) is 24.2. The van der Waals surface area contributed by atoms with Gasteiger partial charge in [-0.25, -0.2) is 14.8 Å². The van der Waals surface area contributed by atoms with Crippen LogP contribution in [0.5, 0.6) is 0 Å². The number of aryl methyl sites for hydroxylation is 1. The van der Waals surface area contributed by atoms with E-state index in [1.807, 2.05) is 52.1 Å². The molecule has 0 radical (unpaired) electrons. The minimum Gasteiger partial charge on any atom is -0.444 e. The number of amides is 1. The molecule has 29 heavy (non-hydrogen) atoms. The number of hydrogen-bond acceptors (Lipinski definition) is 7. The van der Waals surface area contributed by atoms with Crippen molar-refractivity contribution in [3.63, 3.8) is 0 Å². The molecule has 1 aliphatic rings. The molecule has 2 aromatic heterocycles. The number of nitrogens with one attached hydrogen (secondary N) is 1. The molecule has 1 saturated heterocycles. The number of piperidine rings is 1. The van der Waals surface area contributed by atoms with Crippen molar-refractivity contribution < 1.29 is 14.6 Å². The molecule has 2 aromatic rings. The number of aromatic nitrogens is 2. The molecule has 3 heterocycles. The van der Waals surface area contributed by atoms with Gasteiger partial charge < -0.3 is 20.1 Å². The summed E-state index contributed by atoms with van der Waals surface area (Å²) < 4.78 is 5.47. The summed E-state index contributed by atoms with van der Waals surface area (Å²) in [5.74, 6) is 0.931. The number of likely N-dealkylation sites (tertiary alicyclic amines) is 1. The van der Waals surface area contributed by atoms with Crippen LogP contribution in [0.1, 0.15) is 50.1 Å². The van der Waals surface area contributed by atoms with E-state index >= 15 is 0 Å². The van der Waals surface area contributed by atoms with Crippen LogP contribution in [0.15, 0.2) is 24.4 Å². The summed E-state index contributed by atoms with van der Waals surface area (Å²) >= 11 is 1.58. The average molecular weight is 419 g/mol. The molecule has 3 rings (SSSR count). The van der Waals surface area contributed by atoms with E-state index in [0.717, 1.165) is 34.4 Å². The highest BCUT2D eigenvalue weighted by molar-refractivity contribution is 7.15. The van der Waals surface area contributed by atoms with Gasteiger partial charge in [0.1, 0.15) is 11.4 Å². The topological polar surface area (TPSA) is 87.6 Å². The van der Waals surface area contributed by atoms with Crippen LogP contribution >= 0.6 is 11.3 Å². The van der Waals surface area contributed by atoms with Gasteiger partial charge in [-0.2, -0.15) is 0 Å². The zero-order chi connectivity index (χ0) is 21.0. The molecule has 1 aliphatic heterocycles. The van der Waals surface area contributed by atoms with Crippen LogP contribution in [0.3, 0.4) is 0 Å². The van der Waals surface area contributed by atoms with Gasteiger partial charge in [-0.15, -0.1) is 11.3 Å². The van der Waals surface area contributed by atoms with E-state index in [1.165, 1.54) is 0 Å². The number of rotatable bonds is 5. The zero-order valence-electron chi connectivity index (χ0n) is 17.5. The van der Waals surface area contributed by atoms with Crippen LogP contribution in [-0.4, -0.2) is 51.4 Å². The number of aliphatic hydroxyl groups is 1. The van der Waals surface area contributed by atoms with Crippen LogP contribution in [0.4, 0.5) is 15.7 Å².